The topological polar surface area (TPSA) is 46.2 Å². The summed E-state index contributed by atoms with van der Waals surface area (Å²) in [7, 11) is 0. The fourth-order valence-corrected chi connectivity index (χ4v) is 2.43. The van der Waals surface area contributed by atoms with E-state index in [0.717, 1.165) is 4.47 Å². The van der Waals surface area contributed by atoms with E-state index in [1.165, 1.54) is 18.2 Å². The summed E-state index contributed by atoms with van der Waals surface area (Å²) in [5.41, 5.74) is 7.46. The third-order valence-electron chi connectivity index (χ3n) is 2.83. The molecule has 0 saturated carbocycles. The highest BCUT2D eigenvalue weighted by Gasteiger charge is 2.14. The Morgan fingerprint density at radius 3 is 2.74 bits per heavy atom. The van der Waals surface area contributed by atoms with E-state index in [1.807, 2.05) is 0 Å². The number of hydrogen-bond acceptors (Lipinski definition) is 2. The van der Waals surface area contributed by atoms with Gasteiger partial charge in [0.15, 0.2) is 0 Å². The molecule has 19 heavy (non-hydrogen) atoms. The molecular weight excluding hydrogens is 333 g/mol. The smallest absolute Gasteiger partial charge is 0.123 e. The third-order valence-corrected chi connectivity index (χ3v) is 3.69. The van der Waals surface area contributed by atoms with Crippen LogP contribution in [0.1, 0.15) is 17.2 Å². The predicted molar refractivity (Wildman–Crippen MR) is 78.6 cm³/mol. The van der Waals surface area contributed by atoms with Crippen LogP contribution in [0.5, 0.6) is 0 Å². The molecule has 1 atom stereocenters. The Morgan fingerprint density at radius 2 is 2.00 bits per heavy atom. The summed E-state index contributed by atoms with van der Waals surface area (Å²) in [5.74, 6) is -0.381. The van der Waals surface area contributed by atoms with Crippen LogP contribution in [0.15, 0.2) is 40.9 Å². The summed E-state index contributed by atoms with van der Waals surface area (Å²) in [6.45, 7) is 0. The number of halogens is 3. The van der Waals surface area contributed by atoms with Gasteiger partial charge in [0.2, 0.25) is 0 Å². The van der Waals surface area contributed by atoms with Crippen LogP contribution in [-0.4, -0.2) is 5.11 Å². The molecule has 0 spiro atoms. The van der Waals surface area contributed by atoms with Crippen molar-refractivity contribution in [2.45, 2.75) is 12.5 Å². The number of anilines is 1. The van der Waals surface area contributed by atoms with Crippen molar-refractivity contribution in [1.82, 2.24) is 0 Å². The van der Waals surface area contributed by atoms with E-state index in [4.69, 9.17) is 17.3 Å². The number of nitrogens with two attached hydrogens (primary N) is 1. The van der Waals surface area contributed by atoms with Crippen LogP contribution >= 0.6 is 27.5 Å². The molecule has 0 aromatic heterocycles. The van der Waals surface area contributed by atoms with Crippen molar-refractivity contribution in [3.63, 3.8) is 0 Å². The van der Waals surface area contributed by atoms with Gasteiger partial charge in [0.05, 0.1) is 6.10 Å². The largest absolute Gasteiger partial charge is 0.398 e. The Kier molecular flexibility index (Phi) is 4.45. The molecule has 5 heteroatoms. The van der Waals surface area contributed by atoms with E-state index in [1.54, 1.807) is 18.2 Å². The molecule has 0 fully saturated rings. The van der Waals surface area contributed by atoms with E-state index < -0.39 is 6.10 Å². The summed E-state index contributed by atoms with van der Waals surface area (Å²) in [6, 6.07) is 9.32. The number of rotatable bonds is 3. The number of aliphatic hydroxyl groups excluding tert-OH is 1. The van der Waals surface area contributed by atoms with Gasteiger partial charge in [0.25, 0.3) is 0 Å². The Bertz CT molecular complexity index is 606. The van der Waals surface area contributed by atoms with Crippen molar-refractivity contribution in [3.05, 3.63) is 62.8 Å². The van der Waals surface area contributed by atoms with Crippen molar-refractivity contribution in [1.29, 1.82) is 0 Å². The molecule has 2 rings (SSSR count). The zero-order valence-electron chi connectivity index (χ0n) is 9.91. The number of benzene rings is 2. The van der Waals surface area contributed by atoms with Crippen LogP contribution in [0, 0.1) is 5.82 Å². The molecule has 0 heterocycles. The highest BCUT2D eigenvalue weighted by molar-refractivity contribution is 9.10. The van der Waals surface area contributed by atoms with E-state index in [-0.39, 0.29) is 12.2 Å². The second-order valence-electron chi connectivity index (χ2n) is 4.23. The molecule has 0 aliphatic carbocycles. The maximum absolute atomic E-state index is 13.2. The zero-order chi connectivity index (χ0) is 14.0. The molecule has 0 bridgehead atoms. The van der Waals surface area contributed by atoms with E-state index in [0.29, 0.717) is 21.8 Å². The highest BCUT2D eigenvalue weighted by Crippen LogP contribution is 2.29. The standard InChI is InChI=1S/C14H12BrClFNO/c15-9-1-4-13(18)11(7-9)14(19)6-8-5-10(17)2-3-12(8)16/h1-5,7,14,19H,6,18H2. The zero-order valence-corrected chi connectivity index (χ0v) is 12.2. The molecule has 0 saturated heterocycles. The lowest BCUT2D eigenvalue weighted by atomic mass is 10.00. The fraction of sp³-hybridized carbons (Fsp3) is 0.143. The monoisotopic (exact) mass is 343 g/mol. The van der Waals surface area contributed by atoms with Crippen LogP contribution in [0.25, 0.3) is 0 Å². The maximum Gasteiger partial charge on any atom is 0.123 e. The minimum absolute atomic E-state index is 0.206. The van der Waals surface area contributed by atoms with E-state index >= 15 is 0 Å². The Hall–Kier alpha value is -1.10. The Labute approximate surface area is 124 Å². The minimum Gasteiger partial charge on any atom is -0.398 e. The number of nitrogen functional groups attached to an aromatic ring is 1. The quantitative estimate of drug-likeness (QED) is 0.824. The first-order chi connectivity index (χ1) is 8.97. The lowest BCUT2D eigenvalue weighted by Crippen LogP contribution is -2.06. The van der Waals surface area contributed by atoms with Gasteiger partial charge in [0.1, 0.15) is 5.82 Å². The third kappa shape index (κ3) is 3.47. The summed E-state index contributed by atoms with van der Waals surface area (Å²) < 4.78 is 14.0. The van der Waals surface area contributed by atoms with Crippen molar-refractivity contribution < 1.29 is 9.50 Å². The van der Waals surface area contributed by atoms with Gasteiger partial charge in [-0.2, -0.15) is 0 Å². The maximum atomic E-state index is 13.2. The molecule has 2 nitrogen and oxygen atoms in total. The Morgan fingerprint density at radius 1 is 1.26 bits per heavy atom. The summed E-state index contributed by atoms with van der Waals surface area (Å²) in [6.07, 6.45) is -0.631. The summed E-state index contributed by atoms with van der Waals surface area (Å²) >= 11 is 9.30. The highest BCUT2D eigenvalue weighted by atomic mass is 79.9. The summed E-state index contributed by atoms with van der Waals surface area (Å²) in [4.78, 5) is 0. The molecule has 3 N–H and O–H groups in total. The molecule has 2 aromatic rings. The average molecular weight is 345 g/mol. The van der Waals surface area contributed by atoms with Gasteiger partial charge >= 0.3 is 0 Å². The lowest BCUT2D eigenvalue weighted by Gasteiger charge is -2.15. The number of hydrogen-bond donors (Lipinski definition) is 2. The van der Waals surface area contributed by atoms with Crippen molar-refractivity contribution >= 4 is 33.2 Å². The van der Waals surface area contributed by atoms with Crippen molar-refractivity contribution in [3.8, 4) is 0 Å². The second kappa shape index (κ2) is 5.90. The van der Waals surface area contributed by atoms with Crippen LogP contribution in [0.2, 0.25) is 5.02 Å². The average Bonchev–Trinajstić information content (AvgIpc) is 2.36. The normalized spacial score (nSPS) is 12.4. The van der Waals surface area contributed by atoms with Crippen molar-refractivity contribution in [2.24, 2.45) is 0 Å². The molecule has 0 aliphatic heterocycles. The molecule has 0 aliphatic rings. The molecule has 2 aromatic carbocycles. The van der Waals surface area contributed by atoms with Crippen LogP contribution in [-0.2, 0) is 6.42 Å². The van der Waals surface area contributed by atoms with Crippen LogP contribution < -0.4 is 5.73 Å². The first kappa shape index (κ1) is 14.3. The van der Waals surface area contributed by atoms with Gasteiger partial charge in [0, 0.05) is 27.2 Å². The number of aliphatic hydroxyl groups is 1. The molecular formula is C14H12BrClFNO. The fourth-order valence-electron chi connectivity index (χ4n) is 1.85. The summed E-state index contributed by atoms with van der Waals surface area (Å²) in [5, 5.41) is 10.6. The molecule has 0 radical (unpaired) electrons. The Balaban J connectivity index is 2.27. The van der Waals surface area contributed by atoms with E-state index in [2.05, 4.69) is 15.9 Å². The molecule has 100 valence electrons. The first-order valence-corrected chi connectivity index (χ1v) is 6.81. The van der Waals surface area contributed by atoms with Gasteiger partial charge in [-0.3, -0.25) is 0 Å². The lowest BCUT2D eigenvalue weighted by molar-refractivity contribution is 0.179. The van der Waals surface area contributed by atoms with Crippen molar-refractivity contribution in [2.75, 3.05) is 5.73 Å². The minimum atomic E-state index is -0.836. The SMILES string of the molecule is Nc1ccc(Br)cc1C(O)Cc1cc(F)ccc1Cl. The van der Waals surface area contributed by atoms with Gasteiger partial charge in [-0.15, -0.1) is 0 Å². The van der Waals surface area contributed by atoms with E-state index in [9.17, 15) is 9.50 Å². The van der Waals surface area contributed by atoms with Crippen LogP contribution in [0.4, 0.5) is 10.1 Å². The predicted octanol–water partition coefficient (Wildman–Crippen LogP) is 4.10. The van der Waals surface area contributed by atoms with Gasteiger partial charge < -0.3 is 10.8 Å². The molecule has 0 amide bonds. The van der Waals surface area contributed by atoms with Gasteiger partial charge in [-0.1, -0.05) is 27.5 Å². The first-order valence-electron chi connectivity index (χ1n) is 5.64. The van der Waals surface area contributed by atoms with Gasteiger partial charge in [-0.25, -0.2) is 4.39 Å². The van der Waals surface area contributed by atoms with Crippen LogP contribution in [0.3, 0.4) is 0 Å². The molecule has 1 unspecified atom stereocenters. The second-order valence-corrected chi connectivity index (χ2v) is 5.55. The van der Waals surface area contributed by atoms with Gasteiger partial charge in [-0.05, 0) is 42.0 Å².